The van der Waals surface area contributed by atoms with Gasteiger partial charge in [-0.05, 0) is 76.3 Å². The van der Waals surface area contributed by atoms with E-state index < -0.39 is 5.41 Å². The summed E-state index contributed by atoms with van der Waals surface area (Å²) in [5.74, 6) is 0. The predicted octanol–water partition coefficient (Wildman–Crippen LogP) is 11.8. The summed E-state index contributed by atoms with van der Waals surface area (Å²) in [5, 5.41) is 4.90. The molecule has 0 bridgehead atoms. The Balaban J connectivity index is 1.37. The molecule has 0 atom stereocenters. The third kappa shape index (κ3) is 5.28. The van der Waals surface area contributed by atoms with Gasteiger partial charge in [0.05, 0.1) is 22.8 Å². The lowest BCUT2D eigenvalue weighted by Gasteiger charge is -2.28. The van der Waals surface area contributed by atoms with Crippen LogP contribution in [0.5, 0.6) is 0 Å². The van der Waals surface area contributed by atoms with Gasteiger partial charge in [0.25, 0.3) is 0 Å². The third-order valence-corrected chi connectivity index (χ3v) is 9.27. The number of hydrogen-bond donors (Lipinski definition) is 0. The second-order valence-corrected chi connectivity index (χ2v) is 12.6. The van der Waals surface area contributed by atoms with E-state index in [0.717, 1.165) is 39.5 Å². The highest BCUT2D eigenvalue weighted by Gasteiger charge is 2.31. The molecule has 6 aromatic carbocycles. The summed E-state index contributed by atoms with van der Waals surface area (Å²) in [6.07, 6.45) is 0. The molecule has 2 aromatic heterocycles. The lowest BCUT2D eigenvalue weighted by atomic mass is 9.79. The molecule has 8 rings (SSSR count). The Morgan fingerprint density at radius 3 is 1.70 bits per heavy atom. The van der Waals surface area contributed by atoms with Crippen LogP contribution in [0.3, 0.4) is 0 Å². The van der Waals surface area contributed by atoms with Crippen molar-refractivity contribution in [2.24, 2.45) is 0 Å². The molecular formula is C45H34N2. The molecule has 0 amide bonds. The number of benzene rings is 6. The largest absolute Gasteiger partial charge is 0.252 e. The van der Waals surface area contributed by atoms with Crippen molar-refractivity contribution in [3.8, 4) is 44.8 Å². The van der Waals surface area contributed by atoms with Crippen LogP contribution in [0.25, 0.3) is 66.3 Å². The summed E-state index contributed by atoms with van der Waals surface area (Å²) >= 11 is 0. The zero-order chi connectivity index (χ0) is 31.8. The minimum Gasteiger partial charge on any atom is -0.252 e. The van der Waals surface area contributed by atoms with E-state index in [9.17, 15) is 0 Å². The lowest BCUT2D eigenvalue weighted by Crippen LogP contribution is -2.24. The highest BCUT2D eigenvalue weighted by molar-refractivity contribution is 6.07. The predicted molar refractivity (Wildman–Crippen MR) is 197 cm³/mol. The van der Waals surface area contributed by atoms with Crippen LogP contribution >= 0.6 is 0 Å². The molecule has 0 saturated carbocycles. The smallest absolute Gasteiger partial charge is 0.0706 e. The van der Waals surface area contributed by atoms with Gasteiger partial charge in [-0.2, -0.15) is 0 Å². The molecule has 224 valence electrons. The highest BCUT2D eigenvalue weighted by Crippen LogP contribution is 2.43. The topological polar surface area (TPSA) is 25.8 Å². The highest BCUT2D eigenvalue weighted by atomic mass is 14.8. The summed E-state index contributed by atoms with van der Waals surface area (Å²) in [4.78, 5) is 10.7. The first-order valence-electron chi connectivity index (χ1n) is 16.2. The Morgan fingerprint density at radius 1 is 0.383 bits per heavy atom. The second-order valence-electron chi connectivity index (χ2n) is 12.6. The number of hydrogen-bond acceptors (Lipinski definition) is 2. The molecule has 2 heterocycles. The summed E-state index contributed by atoms with van der Waals surface area (Å²) in [6.45, 7) is 4.50. The molecule has 0 saturated heterocycles. The van der Waals surface area contributed by atoms with Crippen molar-refractivity contribution in [2.45, 2.75) is 19.3 Å². The molecule has 0 spiro atoms. The van der Waals surface area contributed by atoms with Crippen molar-refractivity contribution in [3.05, 3.63) is 181 Å². The van der Waals surface area contributed by atoms with Gasteiger partial charge in [0.1, 0.15) is 0 Å². The van der Waals surface area contributed by atoms with Gasteiger partial charge in [-0.25, -0.2) is 0 Å². The van der Waals surface area contributed by atoms with E-state index in [1.165, 1.54) is 38.2 Å². The number of aromatic nitrogens is 2. The van der Waals surface area contributed by atoms with Crippen LogP contribution in [-0.4, -0.2) is 9.97 Å². The molecule has 0 unspecified atom stereocenters. The summed E-state index contributed by atoms with van der Waals surface area (Å²) in [7, 11) is 0. The van der Waals surface area contributed by atoms with Crippen molar-refractivity contribution in [2.75, 3.05) is 0 Å². The van der Waals surface area contributed by atoms with Crippen LogP contribution in [0.4, 0.5) is 0 Å². The fourth-order valence-electron chi connectivity index (χ4n) is 6.76. The van der Waals surface area contributed by atoms with Crippen molar-refractivity contribution < 1.29 is 0 Å². The van der Waals surface area contributed by atoms with Crippen molar-refractivity contribution >= 4 is 21.5 Å². The van der Waals surface area contributed by atoms with E-state index in [1.807, 2.05) is 12.1 Å². The molecule has 0 aliphatic rings. The number of nitrogens with zero attached hydrogens (tertiary/aromatic N) is 2. The van der Waals surface area contributed by atoms with E-state index in [4.69, 9.17) is 9.97 Å². The van der Waals surface area contributed by atoms with Crippen molar-refractivity contribution in [1.82, 2.24) is 9.97 Å². The summed E-state index contributed by atoms with van der Waals surface area (Å²) < 4.78 is 0. The molecule has 2 heteroatoms. The number of rotatable bonds is 6. The molecular weight excluding hydrogens is 569 g/mol. The van der Waals surface area contributed by atoms with E-state index >= 15 is 0 Å². The maximum Gasteiger partial charge on any atom is 0.0706 e. The fourth-order valence-corrected chi connectivity index (χ4v) is 6.76. The van der Waals surface area contributed by atoms with Gasteiger partial charge in [-0.15, -0.1) is 0 Å². The van der Waals surface area contributed by atoms with Gasteiger partial charge in [0, 0.05) is 22.1 Å². The van der Waals surface area contributed by atoms with Crippen molar-refractivity contribution in [1.29, 1.82) is 0 Å². The quantitative estimate of drug-likeness (QED) is 0.189. The van der Waals surface area contributed by atoms with Crippen molar-refractivity contribution in [3.63, 3.8) is 0 Å². The second kappa shape index (κ2) is 11.8. The Kier molecular flexibility index (Phi) is 7.19. The average molecular weight is 603 g/mol. The van der Waals surface area contributed by atoms with E-state index in [2.05, 4.69) is 172 Å². The zero-order valence-corrected chi connectivity index (χ0v) is 26.6. The Bertz CT molecular complexity index is 2370. The van der Waals surface area contributed by atoms with Gasteiger partial charge in [0.2, 0.25) is 0 Å². The van der Waals surface area contributed by atoms with Gasteiger partial charge >= 0.3 is 0 Å². The zero-order valence-electron chi connectivity index (χ0n) is 26.6. The van der Waals surface area contributed by atoms with Gasteiger partial charge in [-0.3, -0.25) is 9.97 Å². The van der Waals surface area contributed by atoms with Gasteiger partial charge in [-0.1, -0.05) is 146 Å². The Morgan fingerprint density at radius 2 is 0.979 bits per heavy atom. The monoisotopic (exact) mass is 602 g/mol. The first-order valence-corrected chi connectivity index (χ1v) is 16.2. The molecule has 0 aliphatic carbocycles. The van der Waals surface area contributed by atoms with Crippen LogP contribution in [0.2, 0.25) is 0 Å². The summed E-state index contributed by atoms with van der Waals surface area (Å²) in [5.41, 5.74) is 10.3. The minimum atomic E-state index is -0.509. The molecule has 47 heavy (non-hydrogen) atoms. The van der Waals surface area contributed by atoms with E-state index in [0.29, 0.717) is 0 Å². The van der Waals surface area contributed by atoms with Crippen LogP contribution in [-0.2, 0) is 5.41 Å². The van der Waals surface area contributed by atoms with Gasteiger partial charge < -0.3 is 0 Å². The molecule has 0 aliphatic heterocycles. The third-order valence-electron chi connectivity index (χ3n) is 9.27. The number of pyridine rings is 2. The van der Waals surface area contributed by atoms with Crippen LogP contribution in [0, 0.1) is 0 Å². The standard InChI is InChI=1S/C45H34N2/c1-45(2,42-25-13-24-40(46-42)32-15-5-3-6-16-32)44-39(28-29-41(47-44)33-17-7-4-8-18-33)38-23-12-21-34-20-11-22-37(43(34)38)36-27-26-31-14-9-10-19-35(31)30-36/h3-30H,1-2H3. The SMILES string of the molecule is CC(C)(c1cccc(-c2ccccc2)n1)c1nc(-c2ccccc2)ccc1-c1cccc2cccc(-c3ccc4ccccc4c3)c12. The van der Waals surface area contributed by atoms with E-state index in [-0.39, 0.29) is 0 Å². The van der Waals surface area contributed by atoms with Crippen LogP contribution in [0.15, 0.2) is 170 Å². The van der Waals surface area contributed by atoms with E-state index in [1.54, 1.807) is 0 Å². The fraction of sp³-hybridized carbons (Fsp3) is 0.0667. The Labute approximate surface area is 276 Å². The lowest BCUT2D eigenvalue weighted by molar-refractivity contribution is 0.599. The Hall–Kier alpha value is -5.86. The maximum absolute atomic E-state index is 5.48. The maximum atomic E-state index is 5.48. The van der Waals surface area contributed by atoms with Crippen LogP contribution in [0.1, 0.15) is 25.2 Å². The normalized spacial score (nSPS) is 11.6. The molecule has 0 fully saturated rings. The molecule has 2 nitrogen and oxygen atoms in total. The summed E-state index contributed by atoms with van der Waals surface area (Å²) in [6, 6.07) is 60.2. The minimum absolute atomic E-state index is 0.509. The van der Waals surface area contributed by atoms with Gasteiger partial charge in [0.15, 0.2) is 0 Å². The molecule has 0 radical (unpaired) electrons. The first kappa shape index (κ1) is 28.6. The molecule has 8 aromatic rings. The van der Waals surface area contributed by atoms with Crippen LogP contribution < -0.4 is 0 Å². The number of fused-ring (bicyclic) bond motifs is 2. The average Bonchev–Trinajstić information content (AvgIpc) is 3.14. The molecule has 0 N–H and O–H groups in total. The first-order chi connectivity index (χ1) is 23.1.